The van der Waals surface area contributed by atoms with Gasteiger partial charge in [-0.1, -0.05) is 19.3 Å². The Morgan fingerprint density at radius 3 is 2.53 bits per heavy atom. The van der Waals surface area contributed by atoms with E-state index in [0.717, 1.165) is 58.4 Å². The second kappa shape index (κ2) is 7.12. The highest BCUT2D eigenvalue weighted by Crippen LogP contribution is 2.25. The second-order valence-corrected chi connectivity index (χ2v) is 5.50. The SMILES string of the molecule is O=C(CCCN1CCNCC1)C1CCCCC1. The fourth-order valence-electron chi connectivity index (χ4n) is 3.04. The maximum atomic E-state index is 12.0. The minimum Gasteiger partial charge on any atom is -0.314 e. The molecule has 3 heteroatoms. The molecular formula is C14H26N2O. The minimum absolute atomic E-state index is 0.409. The zero-order valence-corrected chi connectivity index (χ0v) is 10.9. The van der Waals surface area contributed by atoms with Crippen molar-refractivity contribution in [3.63, 3.8) is 0 Å². The molecule has 0 aromatic carbocycles. The predicted molar refractivity (Wildman–Crippen MR) is 70.1 cm³/mol. The minimum atomic E-state index is 0.409. The molecule has 0 spiro atoms. The fourth-order valence-corrected chi connectivity index (χ4v) is 3.04. The molecule has 1 saturated heterocycles. The summed E-state index contributed by atoms with van der Waals surface area (Å²) >= 11 is 0. The van der Waals surface area contributed by atoms with Crippen LogP contribution >= 0.6 is 0 Å². The van der Waals surface area contributed by atoms with E-state index in [2.05, 4.69) is 10.2 Å². The standard InChI is InChI=1S/C14H26N2O/c17-14(13-5-2-1-3-6-13)7-4-10-16-11-8-15-9-12-16/h13,15H,1-12H2. The van der Waals surface area contributed by atoms with E-state index in [1.807, 2.05) is 0 Å². The van der Waals surface area contributed by atoms with E-state index in [0.29, 0.717) is 11.7 Å². The molecule has 0 unspecified atom stereocenters. The van der Waals surface area contributed by atoms with Gasteiger partial charge in [0.25, 0.3) is 0 Å². The molecule has 1 aliphatic heterocycles. The molecule has 17 heavy (non-hydrogen) atoms. The van der Waals surface area contributed by atoms with Crippen molar-refractivity contribution >= 4 is 5.78 Å². The molecule has 1 heterocycles. The van der Waals surface area contributed by atoms with Gasteiger partial charge >= 0.3 is 0 Å². The molecular weight excluding hydrogens is 212 g/mol. The van der Waals surface area contributed by atoms with Crippen LogP contribution in [0.5, 0.6) is 0 Å². The van der Waals surface area contributed by atoms with E-state index in [1.165, 1.54) is 19.3 Å². The van der Waals surface area contributed by atoms with Crippen LogP contribution in [0, 0.1) is 5.92 Å². The van der Waals surface area contributed by atoms with Gasteiger partial charge in [-0.3, -0.25) is 4.79 Å². The lowest BCUT2D eigenvalue weighted by Gasteiger charge is -2.27. The third-order valence-corrected chi connectivity index (χ3v) is 4.17. The van der Waals surface area contributed by atoms with E-state index in [-0.39, 0.29) is 0 Å². The third kappa shape index (κ3) is 4.40. The maximum Gasteiger partial charge on any atom is 0.136 e. The second-order valence-electron chi connectivity index (χ2n) is 5.50. The molecule has 1 aliphatic carbocycles. The van der Waals surface area contributed by atoms with Gasteiger partial charge in [0, 0.05) is 38.5 Å². The van der Waals surface area contributed by atoms with Crippen molar-refractivity contribution in [2.75, 3.05) is 32.7 Å². The lowest BCUT2D eigenvalue weighted by atomic mass is 9.85. The zero-order chi connectivity index (χ0) is 11.9. The largest absolute Gasteiger partial charge is 0.314 e. The molecule has 1 N–H and O–H groups in total. The van der Waals surface area contributed by atoms with Gasteiger partial charge in [0.15, 0.2) is 0 Å². The molecule has 0 aromatic heterocycles. The van der Waals surface area contributed by atoms with Crippen molar-refractivity contribution in [3.8, 4) is 0 Å². The summed E-state index contributed by atoms with van der Waals surface area (Å²) < 4.78 is 0. The van der Waals surface area contributed by atoms with Crippen LogP contribution in [0.3, 0.4) is 0 Å². The molecule has 2 aliphatic rings. The Kier molecular flexibility index (Phi) is 5.46. The summed E-state index contributed by atoms with van der Waals surface area (Å²) in [7, 11) is 0. The number of hydrogen-bond acceptors (Lipinski definition) is 3. The molecule has 0 bridgehead atoms. The topological polar surface area (TPSA) is 32.3 Å². The predicted octanol–water partition coefficient (Wildman–Crippen LogP) is 1.82. The van der Waals surface area contributed by atoms with Gasteiger partial charge in [-0.15, -0.1) is 0 Å². The summed E-state index contributed by atoms with van der Waals surface area (Å²) in [5.41, 5.74) is 0. The number of nitrogens with zero attached hydrogens (tertiary/aromatic N) is 1. The Hall–Kier alpha value is -0.410. The summed E-state index contributed by atoms with van der Waals surface area (Å²) in [5, 5.41) is 3.36. The normalized spacial score (nSPS) is 23.8. The van der Waals surface area contributed by atoms with E-state index in [4.69, 9.17) is 0 Å². The average Bonchev–Trinajstić information content (AvgIpc) is 2.41. The quantitative estimate of drug-likeness (QED) is 0.793. The summed E-state index contributed by atoms with van der Waals surface area (Å²) in [6.45, 7) is 5.63. The molecule has 3 nitrogen and oxygen atoms in total. The summed E-state index contributed by atoms with van der Waals surface area (Å²) in [6.07, 6.45) is 8.08. The number of Topliss-reactive ketones (excluding diaryl/α,β-unsaturated/α-hetero) is 1. The maximum absolute atomic E-state index is 12.0. The van der Waals surface area contributed by atoms with Crippen molar-refractivity contribution in [1.82, 2.24) is 10.2 Å². The summed E-state index contributed by atoms with van der Waals surface area (Å²) in [4.78, 5) is 14.5. The molecule has 2 fully saturated rings. The highest BCUT2D eigenvalue weighted by molar-refractivity contribution is 5.81. The first kappa shape index (κ1) is 13.0. The zero-order valence-electron chi connectivity index (χ0n) is 10.9. The van der Waals surface area contributed by atoms with E-state index >= 15 is 0 Å². The van der Waals surface area contributed by atoms with Crippen molar-refractivity contribution in [3.05, 3.63) is 0 Å². The average molecular weight is 238 g/mol. The van der Waals surface area contributed by atoms with Gasteiger partial charge < -0.3 is 10.2 Å². The van der Waals surface area contributed by atoms with Crippen LogP contribution in [0.2, 0.25) is 0 Å². The molecule has 2 rings (SSSR count). The van der Waals surface area contributed by atoms with Crippen LogP contribution in [0.15, 0.2) is 0 Å². The van der Waals surface area contributed by atoms with Gasteiger partial charge in [0.05, 0.1) is 0 Å². The number of piperazine rings is 1. The van der Waals surface area contributed by atoms with Gasteiger partial charge in [-0.2, -0.15) is 0 Å². The smallest absolute Gasteiger partial charge is 0.136 e. The van der Waals surface area contributed by atoms with E-state index in [9.17, 15) is 4.79 Å². The fraction of sp³-hybridized carbons (Fsp3) is 0.929. The number of carbonyl (C=O) groups is 1. The van der Waals surface area contributed by atoms with Crippen LogP contribution in [-0.2, 0) is 4.79 Å². The van der Waals surface area contributed by atoms with Crippen LogP contribution < -0.4 is 5.32 Å². The third-order valence-electron chi connectivity index (χ3n) is 4.17. The van der Waals surface area contributed by atoms with E-state index < -0.39 is 0 Å². The number of rotatable bonds is 5. The molecule has 0 amide bonds. The first-order valence-corrected chi connectivity index (χ1v) is 7.32. The van der Waals surface area contributed by atoms with Crippen molar-refractivity contribution in [2.24, 2.45) is 5.92 Å². The summed E-state index contributed by atoms with van der Waals surface area (Å²) in [5.74, 6) is 0.951. The van der Waals surface area contributed by atoms with Crippen molar-refractivity contribution in [2.45, 2.75) is 44.9 Å². The van der Waals surface area contributed by atoms with Crippen molar-refractivity contribution < 1.29 is 4.79 Å². The lowest BCUT2D eigenvalue weighted by molar-refractivity contribution is -0.123. The van der Waals surface area contributed by atoms with Crippen LogP contribution in [0.1, 0.15) is 44.9 Å². The first-order valence-electron chi connectivity index (χ1n) is 7.32. The van der Waals surface area contributed by atoms with Crippen LogP contribution in [0.4, 0.5) is 0 Å². The first-order chi connectivity index (χ1) is 8.36. The Morgan fingerprint density at radius 2 is 1.82 bits per heavy atom. The Bertz CT molecular complexity index is 230. The Balaban J connectivity index is 1.58. The van der Waals surface area contributed by atoms with Gasteiger partial charge in [0.1, 0.15) is 5.78 Å². The molecule has 0 atom stereocenters. The van der Waals surface area contributed by atoms with Crippen LogP contribution in [-0.4, -0.2) is 43.4 Å². The number of ketones is 1. The van der Waals surface area contributed by atoms with Gasteiger partial charge in [-0.25, -0.2) is 0 Å². The molecule has 98 valence electrons. The number of carbonyl (C=O) groups excluding carboxylic acids is 1. The highest BCUT2D eigenvalue weighted by Gasteiger charge is 2.20. The number of hydrogen-bond donors (Lipinski definition) is 1. The molecule has 0 aromatic rings. The van der Waals surface area contributed by atoms with Crippen LogP contribution in [0.25, 0.3) is 0 Å². The highest BCUT2D eigenvalue weighted by atomic mass is 16.1. The van der Waals surface area contributed by atoms with Gasteiger partial charge in [-0.05, 0) is 25.8 Å². The van der Waals surface area contributed by atoms with Crippen molar-refractivity contribution in [1.29, 1.82) is 0 Å². The monoisotopic (exact) mass is 238 g/mol. The number of nitrogens with one attached hydrogen (secondary N) is 1. The van der Waals surface area contributed by atoms with E-state index in [1.54, 1.807) is 0 Å². The molecule has 1 saturated carbocycles. The Morgan fingerprint density at radius 1 is 1.12 bits per heavy atom. The molecule has 0 radical (unpaired) electrons. The summed E-state index contributed by atoms with van der Waals surface area (Å²) in [6, 6.07) is 0. The lowest BCUT2D eigenvalue weighted by Crippen LogP contribution is -2.43. The Labute approximate surface area is 105 Å². The van der Waals surface area contributed by atoms with Gasteiger partial charge in [0.2, 0.25) is 0 Å².